The predicted octanol–water partition coefficient (Wildman–Crippen LogP) is 2.53. The summed E-state index contributed by atoms with van der Waals surface area (Å²) >= 11 is 1.27. The molecule has 2 aromatic rings. The fourth-order valence-electron chi connectivity index (χ4n) is 1.35. The van der Waals surface area contributed by atoms with Gasteiger partial charge in [0.2, 0.25) is 0 Å². The van der Waals surface area contributed by atoms with Gasteiger partial charge in [0.25, 0.3) is 0 Å². The van der Waals surface area contributed by atoms with Crippen LogP contribution >= 0.6 is 11.3 Å². The first-order valence-electron chi connectivity index (χ1n) is 5.18. The normalized spacial score (nSPS) is 10.3. The van der Waals surface area contributed by atoms with Gasteiger partial charge in [-0.2, -0.15) is 0 Å². The fourth-order valence-corrected chi connectivity index (χ4v) is 2.19. The van der Waals surface area contributed by atoms with Gasteiger partial charge in [0.1, 0.15) is 17.3 Å². The minimum atomic E-state index is -0.468. The first kappa shape index (κ1) is 12.5. The summed E-state index contributed by atoms with van der Waals surface area (Å²) in [6.45, 7) is 1.81. The highest BCUT2D eigenvalue weighted by atomic mass is 32.1. The molecule has 2 N–H and O–H groups in total. The molecule has 0 unspecified atom stereocenters. The number of carbonyl (C=O) groups is 1. The summed E-state index contributed by atoms with van der Waals surface area (Å²) in [6.07, 6.45) is 2.54. The summed E-state index contributed by atoms with van der Waals surface area (Å²) in [5.74, 6) is -0.927. The molecule has 0 amide bonds. The fraction of sp³-hybridized carbons (Fsp3) is 0.167. The van der Waals surface area contributed by atoms with E-state index in [-0.39, 0.29) is 6.61 Å². The quantitative estimate of drug-likeness (QED) is 0.867. The molecule has 2 heterocycles. The van der Waals surface area contributed by atoms with E-state index in [1.807, 2.05) is 6.92 Å². The number of nitrogen functional groups attached to an aromatic ring is 1. The van der Waals surface area contributed by atoms with E-state index < -0.39 is 11.8 Å². The molecule has 0 aliphatic heterocycles. The Kier molecular flexibility index (Phi) is 3.57. The lowest BCUT2D eigenvalue weighted by Crippen LogP contribution is -2.03. The zero-order valence-electron chi connectivity index (χ0n) is 9.64. The molecule has 0 saturated heterocycles. The number of nitrogens with two attached hydrogens (primary N) is 1. The molecule has 6 heteroatoms. The molecule has 0 saturated carbocycles. The molecule has 0 atom stereocenters. The van der Waals surface area contributed by atoms with Gasteiger partial charge in [0.05, 0.1) is 6.20 Å². The van der Waals surface area contributed by atoms with Crippen LogP contribution < -0.4 is 5.73 Å². The number of halogens is 1. The number of nitrogens with zero attached hydrogens (tertiary/aromatic N) is 1. The number of hydrogen-bond donors (Lipinski definition) is 1. The number of rotatable bonds is 3. The Hall–Kier alpha value is -1.95. The molecule has 0 aliphatic rings. The molecule has 94 valence electrons. The zero-order chi connectivity index (χ0) is 13.1. The second kappa shape index (κ2) is 5.14. The van der Waals surface area contributed by atoms with E-state index in [2.05, 4.69) is 4.98 Å². The first-order chi connectivity index (χ1) is 8.56. The van der Waals surface area contributed by atoms with Crippen LogP contribution in [0.5, 0.6) is 0 Å². The lowest BCUT2D eigenvalue weighted by Gasteiger charge is -2.02. The average Bonchev–Trinajstić information content (AvgIpc) is 2.67. The average molecular weight is 266 g/mol. The number of thiophene rings is 1. The molecule has 0 fully saturated rings. The van der Waals surface area contributed by atoms with Crippen molar-refractivity contribution in [1.82, 2.24) is 4.98 Å². The molecule has 0 spiro atoms. The van der Waals surface area contributed by atoms with Crippen LogP contribution in [-0.2, 0) is 11.3 Å². The van der Waals surface area contributed by atoms with Crippen LogP contribution in [-0.4, -0.2) is 11.0 Å². The van der Waals surface area contributed by atoms with E-state index in [0.717, 1.165) is 11.1 Å². The number of ether oxygens (including phenoxy) is 1. The maximum Gasteiger partial charge on any atom is 0.348 e. The Morgan fingerprint density at radius 1 is 1.50 bits per heavy atom. The van der Waals surface area contributed by atoms with Crippen LogP contribution in [0.2, 0.25) is 0 Å². The van der Waals surface area contributed by atoms with E-state index in [0.29, 0.717) is 16.1 Å². The highest BCUT2D eigenvalue weighted by Gasteiger charge is 2.12. The molecule has 0 aromatic carbocycles. The molecule has 18 heavy (non-hydrogen) atoms. The van der Waals surface area contributed by atoms with Crippen molar-refractivity contribution in [3.05, 3.63) is 45.7 Å². The van der Waals surface area contributed by atoms with Gasteiger partial charge in [0.15, 0.2) is 0 Å². The van der Waals surface area contributed by atoms with Crippen LogP contribution in [0.25, 0.3) is 0 Å². The monoisotopic (exact) mass is 266 g/mol. The maximum atomic E-state index is 12.9. The number of hydrogen-bond acceptors (Lipinski definition) is 5. The van der Waals surface area contributed by atoms with Gasteiger partial charge >= 0.3 is 5.97 Å². The van der Waals surface area contributed by atoms with Crippen molar-refractivity contribution in [3.63, 3.8) is 0 Å². The molecule has 0 radical (unpaired) electrons. The van der Waals surface area contributed by atoms with Crippen LogP contribution in [0.1, 0.15) is 20.1 Å². The van der Waals surface area contributed by atoms with E-state index in [9.17, 15) is 9.18 Å². The van der Waals surface area contributed by atoms with Gasteiger partial charge in [0, 0.05) is 22.3 Å². The molecule has 4 nitrogen and oxygen atoms in total. The highest BCUT2D eigenvalue weighted by molar-refractivity contribution is 7.14. The van der Waals surface area contributed by atoms with Crippen LogP contribution in [0, 0.1) is 12.7 Å². The lowest BCUT2D eigenvalue weighted by molar-refractivity contribution is 0.0478. The minimum Gasteiger partial charge on any atom is -0.457 e. The van der Waals surface area contributed by atoms with Gasteiger partial charge in [-0.25, -0.2) is 9.18 Å². The Bertz CT molecular complexity index is 564. The predicted molar refractivity (Wildman–Crippen MR) is 66.8 cm³/mol. The van der Waals surface area contributed by atoms with Crippen molar-refractivity contribution < 1.29 is 13.9 Å². The second-order valence-electron chi connectivity index (χ2n) is 3.71. The minimum absolute atomic E-state index is 0.0134. The Balaban J connectivity index is 2.00. The van der Waals surface area contributed by atoms with Gasteiger partial charge < -0.3 is 10.5 Å². The first-order valence-corrected chi connectivity index (χ1v) is 6.00. The topological polar surface area (TPSA) is 65.2 Å². The van der Waals surface area contributed by atoms with Gasteiger partial charge in [-0.05, 0) is 19.1 Å². The van der Waals surface area contributed by atoms with Crippen LogP contribution in [0.4, 0.5) is 10.1 Å². The summed E-state index contributed by atoms with van der Waals surface area (Å²) in [7, 11) is 0. The Labute approximate surface area is 107 Å². The Morgan fingerprint density at radius 2 is 2.28 bits per heavy atom. The summed E-state index contributed by atoms with van der Waals surface area (Å²) in [6, 6.07) is 2.85. The van der Waals surface area contributed by atoms with Crippen molar-refractivity contribution in [2.75, 3.05) is 5.73 Å². The summed E-state index contributed by atoms with van der Waals surface area (Å²) in [4.78, 5) is 16.7. The number of anilines is 1. The number of carbonyl (C=O) groups excluding carboxylic acids is 1. The SMILES string of the molecule is Cc1sc(C(=O)OCc2cncc(F)c2)cc1N. The number of aromatic nitrogens is 1. The van der Waals surface area contributed by atoms with E-state index in [4.69, 9.17) is 10.5 Å². The number of esters is 1. The van der Waals surface area contributed by atoms with E-state index in [1.54, 1.807) is 6.07 Å². The van der Waals surface area contributed by atoms with Crippen LogP contribution in [0.3, 0.4) is 0 Å². The third-order valence-corrected chi connectivity index (χ3v) is 3.34. The highest BCUT2D eigenvalue weighted by Crippen LogP contribution is 2.24. The van der Waals surface area contributed by atoms with Crippen molar-refractivity contribution in [2.24, 2.45) is 0 Å². The van der Waals surface area contributed by atoms with E-state index in [1.165, 1.54) is 23.6 Å². The summed E-state index contributed by atoms with van der Waals surface area (Å²) in [5.41, 5.74) is 6.72. The van der Waals surface area contributed by atoms with Gasteiger partial charge in [-0.1, -0.05) is 0 Å². The molecule has 0 aliphatic carbocycles. The van der Waals surface area contributed by atoms with Crippen molar-refractivity contribution in [3.8, 4) is 0 Å². The van der Waals surface area contributed by atoms with E-state index >= 15 is 0 Å². The second-order valence-corrected chi connectivity index (χ2v) is 4.97. The number of pyridine rings is 1. The molecule has 0 bridgehead atoms. The zero-order valence-corrected chi connectivity index (χ0v) is 10.5. The van der Waals surface area contributed by atoms with Gasteiger partial charge in [-0.3, -0.25) is 4.98 Å². The molecular weight excluding hydrogens is 255 g/mol. The molecular formula is C12H11FN2O2S. The number of aryl methyl sites for hydroxylation is 1. The van der Waals surface area contributed by atoms with Crippen LogP contribution in [0.15, 0.2) is 24.5 Å². The smallest absolute Gasteiger partial charge is 0.348 e. The van der Waals surface area contributed by atoms with Crippen molar-refractivity contribution in [1.29, 1.82) is 0 Å². The molecule has 2 aromatic heterocycles. The van der Waals surface area contributed by atoms with Crippen molar-refractivity contribution in [2.45, 2.75) is 13.5 Å². The lowest BCUT2D eigenvalue weighted by atomic mass is 10.3. The third-order valence-electron chi connectivity index (χ3n) is 2.29. The van der Waals surface area contributed by atoms with Crippen molar-refractivity contribution >= 4 is 23.0 Å². The molecule has 2 rings (SSSR count). The van der Waals surface area contributed by atoms with Gasteiger partial charge in [-0.15, -0.1) is 11.3 Å². The standard InChI is InChI=1S/C12H11FN2O2S/c1-7-10(14)3-11(18-7)12(16)17-6-8-2-9(13)5-15-4-8/h2-5H,6,14H2,1H3. The maximum absolute atomic E-state index is 12.9. The largest absolute Gasteiger partial charge is 0.457 e. The summed E-state index contributed by atoms with van der Waals surface area (Å²) < 4.78 is 17.9. The summed E-state index contributed by atoms with van der Waals surface area (Å²) in [5, 5.41) is 0. The third kappa shape index (κ3) is 2.84. The Morgan fingerprint density at radius 3 is 2.89 bits per heavy atom.